The Morgan fingerprint density at radius 3 is 2.19 bits per heavy atom. The van der Waals surface area contributed by atoms with E-state index in [1.807, 2.05) is 0 Å². The summed E-state index contributed by atoms with van der Waals surface area (Å²) in [5, 5.41) is 1.38. The standard InChI is InChI=1S/C30H22N/c1-18-14-15-23-20-9-4-3-8-19(20)16-25(23)29(18)28-17-26-22-11-6-5-10-21(22)24-12-7-13-27(30(24)26)31(28)2/h3-15,17H,16H2,1-2H3/q+1. The first-order chi connectivity index (χ1) is 15.2. The van der Waals surface area contributed by atoms with Crippen molar-refractivity contribution in [2.24, 2.45) is 7.05 Å². The van der Waals surface area contributed by atoms with Crippen molar-refractivity contribution >= 4 is 10.9 Å². The normalized spacial score (nSPS) is 12.7. The largest absolute Gasteiger partial charge is 0.214 e. The highest BCUT2D eigenvalue weighted by Gasteiger charge is 2.31. The number of aromatic nitrogens is 1. The van der Waals surface area contributed by atoms with E-state index in [2.05, 4.69) is 103 Å². The molecule has 0 amide bonds. The second-order valence-corrected chi connectivity index (χ2v) is 8.87. The van der Waals surface area contributed by atoms with Crippen LogP contribution in [0.3, 0.4) is 0 Å². The summed E-state index contributed by atoms with van der Waals surface area (Å²) >= 11 is 0. The van der Waals surface area contributed by atoms with E-state index in [1.165, 1.54) is 72.2 Å². The number of hydrogen-bond acceptors (Lipinski definition) is 0. The number of hydrogen-bond donors (Lipinski definition) is 0. The Balaban J connectivity index is 1.58. The van der Waals surface area contributed by atoms with Gasteiger partial charge in [0, 0.05) is 17.7 Å². The summed E-state index contributed by atoms with van der Waals surface area (Å²) in [6, 6.07) is 31.5. The van der Waals surface area contributed by atoms with E-state index in [1.54, 1.807) is 0 Å². The van der Waals surface area contributed by atoms with Gasteiger partial charge in [0.2, 0.25) is 11.2 Å². The lowest BCUT2D eigenvalue weighted by molar-refractivity contribution is -0.633. The zero-order chi connectivity index (χ0) is 20.7. The van der Waals surface area contributed by atoms with Gasteiger partial charge < -0.3 is 0 Å². The van der Waals surface area contributed by atoms with Gasteiger partial charge >= 0.3 is 0 Å². The maximum Gasteiger partial charge on any atom is 0.214 e. The molecule has 1 heterocycles. The highest BCUT2D eigenvalue weighted by molar-refractivity contribution is 6.14. The van der Waals surface area contributed by atoms with Crippen LogP contribution in [0.15, 0.2) is 84.9 Å². The lowest BCUT2D eigenvalue weighted by Crippen LogP contribution is -2.32. The zero-order valence-corrected chi connectivity index (χ0v) is 17.7. The van der Waals surface area contributed by atoms with Crippen molar-refractivity contribution in [3.8, 4) is 44.6 Å². The molecule has 0 bridgehead atoms. The Morgan fingerprint density at radius 2 is 1.35 bits per heavy atom. The summed E-state index contributed by atoms with van der Waals surface area (Å²) in [7, 11) is 2.22. The Labute approximate surface area is 182 Å². The van der Waals surface area contributed by atoms with Gasteiger partial charge in [0.15, 0.2) is 0 Å². The maximum absolute atomic E-state index is 2.43. The Hall–Kier alpha value is -3.71. The van der Waals surface area contributed by atoms with Gasteiger partial charge in [-0.3, -0.25) is 0 Å². The molecule has 1 nitrogen and oxygen atoms in total. The average molecular weight is 397 g/mol. The van der Waals surface area contributed by atoms with E-state index >= 15 is 0 Å². The summed E-state index contributed by atoms with van der Waals surface area (Å²) < 4.78 is 2.40. The summed E-state index contributed by atoms with van der Waals surface area (Å²) in [6.45, 7) is 2.26. The molecule has 0 atom stereocenters. The smallest absolute Gasteiger partial charge is 0.194 e. The molecular formula is C30H22N+. The fourth-order valence-electron chi connectivity index (χ4n) is 5.85. The van der Waals surface area contributed by atoms with E-state index in [0.29, 0.717) is 0 Å². The third-order valence-electron chi connectivity index (χ3n) is 7.28. The van der Waals surface area contributed by atoms with Gasteiger partial charge in [0.25, 0.3) is 0 Å². The minimum Gasteiger partial charge on any atom is -0.194 e. The zero-order valence-electron chi connectivity index (χ0n) is 17.7. The average Bonchev–Trinajstić information content (AvgIpc) is 3.33. The fourth-order valence-corrected chi connectivity index (χ4v) is 5.85. The number of aryl methyl sites for hydroxylation is 2. The molecule has 2 aliphatic carbocycles. The molecule has 0 unspecified atom stereocenters. The van der Waals surface area contributed by atoms with Crippen LogP contribution in [0.2, 0.25) is 0 Å². The van der Waals surface area contributed by atoms with Crippen molar-refractivity contribution < 1.29 is 4.57 Å². The van der Waals surface area contributed by atoms with Crippen molar-refractivity contribution in [3.05, 3.63) is 102 Å². The molecule has 0 fully saturated rings. The first-order valence-electron chi connectivity index (χ1n) is 11.0. The number of benzene rings is 4. The third-order valence-corrected chi connectivity index (χ3v) is 7.28. The van der Waals surface area contributed by atoms with E-state index in [-0.39, 0.29) is 0 Å². The molecule has 146 valence electrons. The van der Waals surface area contributed by atoms with Crippen LogP contribution in [-0.2, 0) is 13.5 Å². The number of nitrogens with zero attached hydrogens (tertiary/aromatic N) is 1. The molecule has 0 saturated heterocycles. The molecule has 1 heteroatoms. The second kappa shape index (κ2) is 5.92. The van der Waals surface area contributed by atoms with Crippen molar-refractivity contribution in [1.82, 2.24) is 0 Å². The Morgan fingerprint density at radius 1 is 0.645 bits per heavy atom. The fraction of sp³-hybridized carbons (Fsp3) is 0.100. The van der Waals surface area contributed by atoms with Crippen molar-refractivity contribution in [2.75, 3.05) is 0 Å². The summed E-state index contributed by atoms with van der Waals surface area (Å²) in [4.78, 5) is 0. The predicted octanol–water partition coefficient (Wildman–Crippen LogP) is 6.86. The van der Waals surface area contributed by atoms with Crippen LogP contribution in [0.1, 0.15) is 16.7 Å². The van der Waals surface area contributed by atoms with Crippen molar-refractivity contribution in [1.29, 1.82) is 0 Å². The third kappa shape index (κ3) is 2.13. The van der Waals surface area contributed by atoms with Crippen molar-refractivity contribution in [2.45, 2.75) is 13.3 Å². The predicted molar refractivity (Wildman–Crippen MR) is 128 cm³/mol. The van der Waals surface area contributed by atoms with Crippen LogP contribution in [0, 0.1) is 6.92 Å². The van der Waals surface area contributed by atoms with Gasteiger partial charge in [-0.25, -0.2) is 0 Å². The number of pyridine rings is 1. The first kappa shape index (κ1) is 17.0. The van der Waals surface area contributed by atoms with Crippen LogP contribution < -0.4 is 4.57 Å². The molecule has 0 saturated carbocycles. The highest BCUT2D eigenvalue weighted by atomic mass is 14.9. The molecular weight excluding hydrogens is 374 g/mol. The molecule has 4 aromatic carbocycles. The quantitative estimate of drug-likeness (QED) is 0.267. The van der Waals surface area contributed by atoms with E-state index in [9.17, 15) is 0 Å². The number of rotatable bonds is 1. The minimum atomic E-state index is 1.01. The van der Waals surface area contributed by atoms with Crippen LogP contribution in [0.5, 0.6) is 0 Å². The molecule has 0 spiro atoms. The molecule has 7 rings (SSSR count). The van der Waals surface area contributed by atoms with Gasteiger partial charge in [-0.15, -0.1) is 0 Å². The van der Waals surface area contributed by atoms with E-state index in [4.69, 9.17) is 0 Å². The van der Waals surface area contributed by atoms with Crippen LogP contribution in [0.25, 0.3) is 55.5 Å². The molecule has 0 N–H and O–H groups in total. The van der Waals surface area contributed by atoms with Crippen LogP contribution in [0.4, 0.5) is 0 Å². The number of fused-ring (bicyclic) bond motifs is 6. The topological polar surface area (TPSA) is 3.88 Å². The van der Waals surface area contributed by atoms with Crippen LogP contribution >= 0.6 is 0 Å². The molecule has 2 aliphatic rings. The van der Waals surface area contributed by atoms with E-state index < -0.39 is 0 Å². The Kier molecular flexibility index (Phi) is 3.25. The van der Waals surface area contributed by atoms with Crippen molar-refractivity contribution in [3.63, 3.8) is 0 Å². The molecule has 0 aliphatic heterocycles. The highest BCUT2D eigenvalue weighted by Crippen LogP contribution is 2.48. The Bertz CT molecular complexity index is 1570. The van der Waals surface area contributed by atoms with Gasteiger partial charge in [-0.2, -0.15) is 4.57 Å². The molecule has 1 aromatic heterocycles. The monoisotopic (exact) mass is 396 g/mol. The van der Waals surface area contributed by atoms with Gasteiger partial charge in [-0.05, 0) is 57.9 Å². The summed E-state index contributed by atoms with van der Waals surface area (Å²) in [6.07, 6.45) is 1.01. The van der Waals surface area contributed by atoms with E-state index in [0.717, 1.165) is 6.42 Å². The molecule has 5 aromatic rings. The minimum absolute atomic E-state index is 1.01. The van der Waals surface area contributed by atoms with Gasteiger partial charge in [0.05, 0.1) is 10.9 Å². The lowest BCUT2D eigenvalue weighted by atomic mass is 9.92. The first-order valence-corrected chi connectivity index (χ1v) is 11.0. The van der Waals surface area contributed by atoms with Crippen LogP contribution in [-0.4, -0.2) is 0 Å². The SMILES string of the molecule is Cc1ccc2c(c1-c1cc3c4c(cccc4[n+]1C)-c1ccccc1-3)Cc1ccccc1-2. The van der Waals surface area contributed by atoms with Gasteiger partial charge in [0.1, 0.15) is 7.05 Å². The second-order valence-electron chi connectivity index (χ2n) is 8.87. The van der Waals surface area contributed by atoms with Gasteiger partial charge in [-0.1, -0.05) is 72.8 Å². The summed E-state index contributed by atoms with van der Waals surface area (Å²) in [5.74, 6) is 0. The molecule has 31 heavy (non-hydrogen) atoms. The lowest BCUT2D eigenvalue weighted by Gasteiger charge is -2.13. The molecule has 0 radical (unpaired) electrons. The summed E-state index contributed by atoms with van der Waals surface area (Å²) in [5.41, 5.74) is 16.4. The maximum atomic E-state index is 2.43.